The van der Waals surface area contributed by atoms with E-state index in [9.17, 15) is 4.79 Å². The molecule has 1 aromatic carbocycles. The summed E-state index contributed by atoms with van der Waals surface area (Å²) in [5.74, 6) is 1.15. The minimum atomic E-state index is 0.0277. The van der Waals surface area contributed by atoms with Gasteiger partial charge in [-0.2, -0.15) is 0 Å². The minimum absolute atomic E-state index is 0.0277. The van der Waals surface area contributed by atoms with Crippen molar-refractivity contribution in [2.45, 2.75) is 31.7 Å². The molecule has 130 valence electrons. The number of ether oxygens (including phenoxy) is 2. The highest BCUT2D eigenvalue weighted by Gasteiger charge is 2.29. The molecule has 1 aromatic rings. The van der Waals surface area contributed by atoms with Crippen LogP contribution in [0.1, 0.15) is 36.0 Å². The lowest BCUT2D eigenvalue weighted by molar-refractivity contribution is 0.0572. The van der Waals surface area contributed by atoms with E-state index in [1.54, 1.807) is 12.1 Å². The number of nitrogens with zero attached hydrogens (tertiary/aromatic N) is 2. The van der Waals surface area contributed by atoms with Gasteiger partial charge >= 0.3 is 0 Å². The molecule has 0 radical (unpaired) electrons. The Morgan fingerprint density at radius 3 is 2.50 bits per heavy atom. The predicted octanol–water partition coefficient (Wildman–Crippen LogP) is 2.81. The second kappa shape index (κ2) is 6.81. The zero-order valence-corrected chi connectivity index (χ0v) is 14.6. The minimum Gasteiger partial charge on any atom is -0.486 e. The molecule has 2 aliphatic heterocycles. The van der Waals surface area contributed by atoms with Gasteiger partial charge in [-0.05, 0) is 25.0 Å². The molecule has 0 bridgehead atoms. The first kappa shape index (κ1) is 16.0. The van der Waals surface area contributed by atoms with Crippen LogP contribution < -0.4 is 9.47 Å². The Balaban J connectivity index is 1.44. The summed E-state index contributed by atoms with van der Waals surface area (Å²) < 4.78 is 11.1. The monoisotopic (exact) mass is 350 g/mol. The number of halogens is 1. The van der Waals surface area contributed by atoms with Crippen LogP contribution in [0.2, 0.25) is 5.02 Å². The fourth-order valence-electron chi connectivity index (χ4n) is 3.98. The van der Waals surface area contributed by atoms with E-state index < -0.39 is 0 Å². The number of rotatable bonds is 2. The molecule has 1 amide bonds. The fourth-order valence-corrected chi connectivity index (χ4v) is 4.24. The molecule has 1 aliphatic carbocycles. The number of benzene rings is 1. The fraction of sp³-hybridized carbons (Fsp3) is 0.611. The normalized spacial score (nSPS) is 22.0. The van der Waals surface area contributed by atoms with E-state index in [2.05, 4.69) is 4.90 Å². The molecule has 4 rings (SSSR count). The van der Waals surface area contributed by atoms with Gasteiger partial charge in [-0.25, -0.2) is 0 Å². The molecule has 2 heterocycles. The Morgan fingerprint density at radius 2 is 1.75 bits per heavy atom. The van der Waals surface area contributed by atoms with E-state index in [4.69, 9.17) is 21.1 Å². The van der Waals surface area contributed by atoms with Gasteiger partial charge in [0, 0.05) is 37.8 Å². The van der Waals surface area contributed by atoms with Gasteiger partial charge in [0.05, 0.1) is 5.02 Å². The smallest absolute Gasteiger partial charge is 0.254 e. The molecule has 5 nitrogen and oxygen atoms in total. The van der Waals surface area contributed by atoms with Crippen molar-refractivity contribution in [2.24, 2.45) is 0 Å². The lowest BCUT2D eigenvalue weighted by Crippen LogP contribution is -2.51. The number of fused-ring (bicyclic) bond motifs is 1. The summed E-state index contributed by atoms with van der Waals surface area (Å²) in [4.78, 5) is 17.3. The van der Waals surface area contributed by atoms with Gasteiger partial charge in [-0.15, -0.1) is 0 Å². The topological polar surface area (TPSA) is 42.0 Å². The standard InChI is InChI=1S/C18H23ClN2O3/c19-15-11-13(12-16-17(15)24-10-9-23-16)18(22)21-7-5-20(6-8-21)14-3-1-2-4-14/h11-12,14H,1-10H2. The number of carbonyl (C=O) groups is 1. The van der Waals surface area contributed by atoms with Gasteiger partial charge in [0.2, 0.25) is 0 Å². The molecular formula is C18H23ClN2O3. The molecule has 1 saturated heterocycles. The van der Waals surface area contributed by atoms with Gasteiger partial charge in [-0.3, -0.25) is 9.69 Å². The first-order valence-corrected chi connectivity index (χ1v) is 9.22. The highest BCUT2D eigenvalue weighted by atomic mass is 35.5. The molecule has 0 atom stereocenters. The average Bonchev–Trinajstić information content (AvgIpc) is 3.16. The van der Waals surface area contributed by atoms with Gasteiger partial charge in [-0.1, -0.05) is 24.4 Å². The van der Waals surface area contributed by atoms with Crippen LogP contribution in [0.15, 0.2) is 12.1 Å². The third-order valence-corrected chi connectivity index (χ3v) is 5.57. The van der Waals surface area contributed by atoms with Crippen molar-refractivity contribution in [1.29, 1.82) is 0 Å². The lowest BCUT2D eigenvalue weighted by atomic mass is 10.1. The summed E-state index contributed by atoms with van der Waals surface area (Å²) in [6.07, 6.45) is 5.32. The summed E-state index contributed by atoms with van der Waals surface area (Å²) in [6, 6.07) is 4.18. The highest BCUT2D eigenvalue weighted by Crippen LogP contribution is 2.38. The van der Waals surface area contributed by atoms with Gasteiger partial charge < -0.3 is 14.4 Å². The Labute approximate surface area is 147 Å². The molecule has 3 aliphatic rings. The largest absolute Gasteiger partial charge is 0.486 e. The summed E-state index contributed by atoms with van der Waals surface area (Å²) in [5, 5.41) is 0.445. The predicted molar refractivity (Wildman–Crippen MR) is 92.2 cm³/mol. The van der Waals surface area contributed by atoms with Gasteiger partial charge in [0.1, 0.15) is 13.2 Å². The zero-order chi connectivity index (χ0) is 16.5. The number of hydrogen-bond donors (Lipinski definition) is 0. The maximum atomic E-state index is 12.8. The van der Waals surface area contributed by atoms with Gasteiger partial charge in [0.15, 0.2) is 11.5 Å². The van der Waals surface area contributed by atoms with E-state index >= 15 is 0 Å². The number of piperazine rings is 1. The van der Waals surface area contributed by atoms with Crippen LogP contribution in [0.4, 0.5) is 0 Å². The summed E-state index contributed by atoms with van der Waals surface area (Å²) in [7, 11) is 0. The van der Waals surface area contributed by atoms with Crippen LogP contribution in [0.3, 0.4) is 0 Å². The van der Waals surface area contributed by atoms with E-state index in [1.807, 2.05) is 4.90 Å². The summed E-state index contributed by atoms with van der Waals surface area (Å²) in [6.45, 7) is 4.47. The van der Waals surface area contributed by atoms with Crippen molar-refractivity contribution in [3.63, 3.8) is 0 Å². The van der Waals surface area contributed by atoms with Crippen LogP contribution >= 0.6 is 11.6 Å². The van der Waals surface area contributed by atoms with Crippen molar-refractivity contribution in [3.05, 3.63) is 22.7 Å². The van der Waals surface area contributed by atoms with E-state index in [-0.39, 0.29) is 5.91 Å². The van der Waals surface area contributed by atoms with Crippen molar-refractivity contribution < 1.29 is 14.3 Å². The molecule has 2 fully saturated rings. The summed E-state index contributed by atoms with van der Waals surface area (Å²) in [5.41, 5.74) is 0.582. The third kappa shape index (κ3) is 3.07. The lowest BCUT2D eigenvalue weighted by Gasteiger charge is -2.38. The van der Waals surface area contributed by atoms with Crippen molar-refractivity contribution in [1.82, 2.24) is 9.80 Å². The SMILES string of the molecule is O=C(c1cc(Cl)c2c(c1)OCCO2)N1CCN(C2CCCC2)CC1. The Kier molecular flexibility index (Phi) is 4.55. The zero-order valence-electron chi connectivity index (χ0n) is 13.8. The average molecular weight is 351 g/mol. The molecule has 0 N–H and O–H groups in total. The third-order valence-electron chi connectivity index (χ3n) is 5.29. The summed E-state index contributed by atoms with van der Waals surface area (Å²) >= 11 is 6.26. The molecule has 0 unspecified atom stereocenters. The quantitative estimate of drug-likeness (QED) is 0.822. The van der Waals surface area contributed by atoms with Crippen molar-refractivity contribution >= 4 is 17.5 Å². The van der Waals surface area contributed by atoms with Crippen molar-refractivity contribution in [2.75, 3.05) is 39.4 Å². The first-order chi connectivity index (χ1) is 11.7. The molecule has 24 heavy (non-hydrogen) atoms. The second-order valence-electron chi connectivity index (χ2n) is 6.75. The van der Waals surface area contributed by atoms with Gasteiger partial charge in [0.25, 0.3) is 5.91 Å². The van der Waals surface area contributed by atoms with E-state index in [0.29, 0.717) is 35.3 Å². The highest BCUT2D eigenvalue weighted by molar-refractivity contribution is 6.32. The van der Waals surface area contributed by atoms with Crippen LogP contribution in [0.5, 0.6) is 11.5 Å². The van der Waals surface area contributed by atoms with E-state index in [0.717, 1.165) is 32.2 Å². The first-order valence-electron chi connectivity index (χ1n) is 8.85. The van der Waals surface area contributed by atoms with Crippen LogP contribution in [-0.4, -0.2) is 61.1 Å². The number of carbonyl (C=O) groups excluding carboxylic acids is 1. The van der Waals surface area contributed by atoms with Crippen LogP contribution in [0, 0.1) is 0 Å². The van der Waals surface area contributed by atoms with E-state index in [1.165, 1.54) is 25.7 Å². The maximum Gasteiger partial charge on any atom is 0.254 e. The maximum absolute atomic E-state index is 12.8. The van der Waals surface area contributed by atoms with Crippen LogP contribution in [0.25, 0.3) is 0 Å². The molecule has 0 spiro atoms. The Morgan fingerprint density at radius 1 is 1.04 bits per heavy atom. The number of hydrogen-bond acceptors (Lipinski definition) is 4. The molecular weight excluding hydrogens is 328 g/mol. The second-order valence-corrected chi connectivity index (χ2v) is 7.16. The van der Waals surface area contributed by atoms with Crippen molar-refractivity contribution in [3.8, 4) is 11.5 Å². The molecule has 6 heteroatoms. The Bertz CT molecular complexity index is 623. The number of amides is 1. The molecule has 1 saturated carbocycles. The molecule has 0 aromatic heterocycles. The van der Waals surface area contributed by atoms with Crippen LogP contribution in [-0.2, 0) is 0 Å². The Hall–Kier alpha value is -1.46.